The molecule has 1 aromatic rings. The summed E-state index contributed by atoms with van der Waals surface area (Å²) >= 11 is 3.18. The molecule has 0 aliphatic heterocycles. The Kier molecular flexibility index (Phi) is 3.23. The van der Waals surface area contributed by atoms with Gasteiger partial charge in [0, 0.05) is 10.9 Å². The Morgan fingerprint density at radius 1 is 1.47 bits per heavy atom. The summed E-state index contributed by atoms with van der Waals surface area (Å²) in [5.74, 6) is -1.72. The van der Waals surface area contributed by atoms with Crippen molar-refractivity contribution < 1.29 is 19.4 Å². The van der Waals surface area contributed by atoms with E-state index < -0.39 is 17.5 Å². The van der Waals surface area contributed by atoms with E-state index in [0.29, 0.717) is 10.0 Å². The first-order chi connectivity index (χ1) is 7.88. The van der Waals surface area contributed by atoms with Gasteiger partial charge in [0.25, 0.3) is 0 Å². The van der Waals surface area contributed by atoms with Gasteiger partial charge in [-0.2, -0.15) is 0 Å². The maximum Gasteiger partial charge on any atom is 0.306 e. The highest BCUT2D eigenvalue weighted by atomic mass is 79.9. The quantitative estimate of drug-likeness (QED) is 0.901. The Morgan fingerprint density at radius 3 is 2.65 bits per heavy atom. The van der Waals surface area contributed by atoms with Crippen LogP contribution in [0.25, 0.3) is 0 Å². The van der Waals surface area contributed by atoms with E-state index in [4.69, 9.17) is 5.11 Å². The van der Waals surface area contributed by atoms with Gasteiger partial charge in [0.2, 0.25) is 0 Å². The number of aliphatic carboxylic acids is 1. The van der Waals surface area contributed by atoms with E-state index >= 15 is 0 Å². The SMILES string of the molecule is O=C(O)C1CC(O)(Cc2cc(F)cc(Br)c2)C1. The summed E-state index contributed by atoms with van der Waals surface area (Å²) in [6, 6.07) is 4.43. The highest BCUT2D eigenvalue weighted by molar-refractivity contribution is 9.10. The van der Waals surface area contributed by atoms with Crippen LogP contribution in [-0.2, 0) is 11.2 Å². The minimum atomic E-state index is -1.00. The second-order valence-corrected chi connectivity index (χ2v) is 5.54. The number of carboxylic acids is 1. The highest BCUT2D eigenvalue weighted by Gasteiger charge is 2.46. The first kappa shape index (κ1) is 12.5. The third kappa shape index (κ3) is 2.84. The van der Waals surface area contributed by atoms with Gasteiger partial charge in [-0.1, -0.05) is 15.9 Å². The topological polar surface area (TPSA) is 57.5 Å². The monoisotopic (exact) mass is 302 g/mol. The molecule has 3 nitrogen and oxygen atoms in total. The molecular weight excluding hydrogens is 291 g/mol. The smallest absolute Gasteiger partial charge is 0.306 e. The van der Waals surface area contributed by atoms with E-state index in [1.54, 1.807) is 6.07 Å². The van der Waals surface area contributed by atoms with Crippen molar-refractivity contribution in [3.63, 3.8) is 0 Å². The molecule has 0 unspecified atom stereocenters. The van der Waals surface area contributed by atoms with Crippen molar-refractivity contribution in [1.29, 1.82) is 0 Å². The number of aliphatic hydroxyl groups is 1. The summed E-state index contributed by atoms with van der Waals surface area (Å²) in [7, 11) is 0. The molecule has 17 heavy (non-hydrogen) atoms. The average Bonchev–Trinajstić information content (AvgIpc) is 2.11. The maximum absolute atomic E-state index is 13.1. The number of rotatable bonds is 3. The largest absolute Gasteiger partial charge is 0.481 e. The summed E-state index contributed by atoms with van der Waals surface area (Å²) < 4.78 is 13.7. The Labute approximate surface area is 106 Å². The zero-order valence-electron chi connectivity index (χ0n) is 8.99. The normalized spacial score (nSPS) is 27.6. The van der Waals surface area contributed by atoms with Gasteiger partial charge < -0.3 is 10.2 Å². The van der Waals surface area contributed by atoms with Crippen molar-refractivity contribution in [2.45, 2.75) is 24.9 Å². The molecule has 0 saturated heterocycles. The van der Waals surface area contributed by atoms with Crippen LogP contribution in [0.1, 0.15) is 18.4 Å². The van der Waals surface area contributed by atoms with Crippen molar-refractivity contribution in [3.8, 4) is 0 Å². The fourth-order valence-electron chi connectivity index (χ4n) is 2.27. The van der Waals surface area contributed by atoms with Crippen molar-refractivity contribution >= 4 is 21.9 Å². The molecular formula is C12H12BrFO3. The number of carboxylic acid groups (broad SMARTS) is 1. The zero-order valence-corrected chi connectivity index (χ0v) is 10.6. The van der Waals surface area contributed by atoms with E-state index in [9.17, 15) is 14.3 Å². The van der Waals surface area contributed by atoms with Gasteiger partial charge in [0.15, 0.2) is 0 Å². The Bertz CT molecular complexity index is 435. The molecule has 1 saturated carbocycles. The van der Waals surface area contributed by atoms with Crippen LogP contribution in [-0.4, -0.2) is 21.8 Å². The van der Waals surface area contributed by atoms with E-state index in [1.807, 2.05) is 0 Å². The van der Waals surface area contributed by atoms with E-state index in [0.717, 1.165) is 0 Å². The van der Waals surface area contributed by atoms with Crippen LogP contribution < -0.4 is 0 Å². The van der Waals surface area contributed by atoms with E-state index in [-0.39, 0.29) is 25.1 Å². The molecule has 2 N–H and O–H groups in total. The molecule has 0 bridgehead atoms. The molecule has 1 aliphatic carbocycles. The summed E-state index contributed by atoms with van der Waals surface area (Å²) in [4.78, 5) is 10.7. The molecule has 0 atom stereocenters. The molecule has 0 radical (unpaired) electrons. The predicted molar refractivity (Wildman–Crippen MR) is 63.1 cm³/mol. The third-order valence-corrected chi connectivity index (χ3v) is 3.52. The van der Waals surface area contributed by atoms with Gasteiger partial charge in [-0.3, -0.25) is 4.79 Å². The van der Waals surface area contributed by atoms with Gasteiger partial charge in [0.05, 0.1) is 11.5 Å². The second-order valence-electron chi connectivity index (χ2n) is 4.62. The van der Waals surface area contributed by atoms with Gasteiger partial charge >= 0.3 is 5.97 Å². The lowest BCUT2D eigenvalue weighted by Crippen LogP contribution is -2.48. The molecule has 0 heterocycles. The first-order valence-electron chi connectivity index (χ1n) is 5.28. The second kappa shape index (κ2) is 4.38. The maximum atomic E-state index is 13.1. The summed E-state index contributed by atoms with van der Waals surface area (Å²) in [5.41, 5.74) is -0.334. The van der Waals surface area contributed by atoms with Crippen molar-refractivity contribution in [1.82, 2.24) is 0 Å². The Hall–Kier alpha value is -0.940. The lowest BCUT2D eigenvalue weighted by molar-refractivity contribution is -0.158. The van der Waals surface area contributed by atoms with Crippen LogP contribution in [0.15, 0.2) is 22.7 Å². The van der Waals surface area contributed by atoms with Crippen LogP contribution in [0.2, 0.25) is 0 Å². The molecule has 0 amide bonds. The van der Waals surface area contributed by atoms with E-state index in [1.165, 1.54) is 12.1 Å². The Morgan fingerprint density at radius 2 is 2.12 bits per heavy atom. The summed E-state index contributed by atoms with van der Waals surface area (Å²) in [5, 5.41) is 18.8. The highest BCUT2D eigenvalue weighted by Crippen LogP contribution is 2.40. The molecule has 0 aromatic heterocycles. The Balaban J connectivity index is 2.04. The van der Waals surface area contributed by atoms with Crippen LogP contribution in [0, 0.1) is 11.7 Å². The summed E-state index contributed by atoms with van der Waals surface area (Å²) in [6.07, 6.45) is 0.750. The lowest BCUT2D eigenvalue weighted by Gasteiger charge is -2.41. The fourth-order valence-corrected chi connectivity index (χ4v) is 2.78. The fraction of sp³-hybridized carbons (Fsp3) is 0.417. The van der Waals surface area contributed by atoms with E-state index in [2.05, 4.69) is 15.9 Å². The minimum absolute atomic E-state index is 0.233. The average molecular weight is 303 g/mol. The predicted octanol–water partition coefficient (Wildman–Crippen LogP) is 2.36. The molecule has 2 rings (SSSR count). The molecule has 1 aromatic carbocycles. The van der Waals surface area contributed by atoms with Crippen LogP contribution in [0.5, 0.6) is 0 Å². The number of hydrogen-bond donors (Lipinski definition) is 2. The number of halogens is 2. The molecule has 0 spiro atoms. The van der Waals surface area contributed by atoms with Gasteiger partial charge in [-0.05, 0) is 36.6 Å². The van der Waals surface area contributed by atoms with Crippen molar-refractivity contribution in [2.75, 3.05) is 0 Å². The third-order valence-electron chi connectivity index (χ3n) is 3.06. The van der Waals surface area contributed by atoms with Gasteiger partial charge in [0.1, 0.15) is 5.82 Å². The number of hydrogen-bond acceptors (Lipinski definition) is 2. The molecule has 1 fully saturated rings. The number of carbonyl (C=O) groups is 1. The summed E-state index contributed by atoms with van der Waals surface area (Å²) in [6.45, 7) is 0. The number of benzene rings is 1. The van der Waals surface area contributed by atoms with Crippen LogP contribution in [0.3, 0.4) is 0 Å². The van der Waals surface area contributed by atoms with Gasteiger partial charge in [-0.25, -0.2) is 4.39 Å². The van der Waals surface area contributed by atoms with Crippen molar-refractivity contribution in [2.24, 2.45) is 5.92 Å². The molecule has 5 heteroatoms. The van der Waals surface area contributed by atoms with Crippen LogP contribution >= 0.6 is 15.9 Å². The van der Waals surface area contributed by atoms with Gasteiger partial charge in [-0.15, -0.1) is 0 Å². The lowest BCUT2D eigenvalue weighted by atomic mass is 9.68. The van der Waals surface area contributed by atoms with Crippen molar-refractivity contribution in [3.05, 3.63) is 34.1 Å². The minimum Gasteiger partial charge on any atom is -0.481 e. The molecule has 92 valence electrons. The zero-order chi connectivity index (χ0) is 12.6. The molecule has 1 aliphatic rings. The van der Waals surface area contributed by atoms with Crippen LogP contribution in [0.4, 0.5) is 4.39 Å². The first-order valence-corrected chi connectivity index (χ1v) is 6.07. The standard InChI is InChI=1S/C12H12BrFO3/c13-9-1-7(2-10(14)3-9)4-12(17)5-8(6-12)11(15)16/h1-3,8,17H,4-6H2,(H,15,16).